The number of benzene rings is 1. The molecule has 0 aliphatic carbocycles. The van der Waals surface area contributed by atoms with E-state index in [-0.39, 0.29) is 21.5 Å². The zero-order valence-corrected chi connectivity index (χ0v) is 15.0. The van der Waals surface area contributed by atoms with Crippen LogP contribution in [0.25, 0.3) is 0 Å². The van der Waals surface area contributed by atoms with Crippen LogP contribution in [0.15, 0.2) is 21.5 Å². The SMILES string of the molecule is CCCC(CC)NC(=O)c1cc(S(N)(=O)=O)cc(Br)c1Cl. The molecule has 0 heterocycles. The maximum atomic E-state index is 12.3. The zero-order chi connectivity index (χ0) is 16.2. The largest absolute Gasteiger partial charge is 0.349 e. The number of carbonyl (C=O) groups is 1. The van der Waals surface area contributed by atoms with Gasteiger partial charge in [0.2, 0.25) is 10.0 Å². The van der Waals surface area contributed by atoms with E-state index in [1.807, 2.05) is 13.8 Å². The number of carbonyl (C=O) groups excluding carboxylic acids is 1. The molecule has 1 atom stereocenters. The van der Waals surface area contributed by atoms with Crippen molar-refractivity contribution < 1.29 is 13.2 Å². The molecular weight excluding hydrogens is 380 g/mol. The van der Waals surface area contributed by atoms with Crippen LogP contribution < -0.4 is 10.5 Å². The van der Waals surface area contributed by atoms with Gasteiger partial charge in [-0.25, -0.2) is 13.6 Å². The van der Waals surface area contributed by atoms with E-state index in [0.717, 1.165) is 19.3 Å². The van der Waals surface area contributed by atoms with E-state index >= 15 is 0 Å². The summed E-state index contributed by atoms with van der Waals surface area (Å²) in [4.78, 5) is 12.1. The monoisotopic (exact) mass is 396 g/mol. The molecule has 0 bridgehead atoms. The molecule has 0 radical (unpaired) electrons. The Hall–Kier alpha value is -0.630. The molecule has 0 saturated heterocycles. The third-order valence-corrected chi connectivity index (χ3v) is 5.19. The second-order valence-electron chi connectivity index (χ2n) is 4.68. The molecule has 5 nitrogen and oxygen atoms in total. The number of hydrogen-bond donors (Lipinski definition) is 2. The average molecular weight is 398 g/mol. The molecule has 0 aliphatic rings. The highest BCUT2D eigenvalue weighted by atomic mass is 79.9. The Morgan fingerprint density at radius 3 is 2.52 bits per heavy atom. The summed E-state index contributed by atoms with van der Waals surface area (Å²) in [5, 5.41) is 8.11. The lowest BCUT2D eigenvalue weighted by atomic mass is 10.1. The summed E-state index contributed by atoms with van der Waals surface area (Å²) in [6, 6.07) is 2.49. The summed E-state index contributed by atoms with van der Waals surface area (Å²) in [7, 11) is -3.91. The van der Waals surface area contributed by atoms with Crippen LogP contribution in [0.5, 0.6) is 0 Å². The summed E-state index contributed by atoms with van der Waals surface area (Å²) < 4.78 is 23.2. The highest BCUT2D eigenvalue weighted by Gasteiger charge is 2.20. The Morgan fingerprint density at radius 1 is 1.43 bits per heavy atom. The van der Waals surface area contributed by atoms with Crippen molar-refractivity contribution in [2.24, 2.45) is 5.14 Å². The summed E-state index contributed by atoms with van der Waals surface area (Å²) in [5.41, 5.74) is 0.0876. The molecule has 0 fully saturated rings. The van der Waals surface area contributed by atoms with Gasteiger partial charge in [-0.1, -0.05) is 31.9 Å². The zero-order valence-electron chi connectivity index (χ0n) is 11.8. The van der Waals surface area contributed by atoms with E-state index in [4.69, 9.17) is 16.7 Å². The van der Waals surface area contributed by atoms with Crippen molar-refractivity contribution in [1.82, 2.24) is 5.32 Å². The molecule has 1 aromatic rings. The van der Waals surface area contributed by atoms with E-state index < -0.39 is 15.9 Å². The van der Waals surface area contributed by atoms with Crippen molar-refractivity contribution in [1.29, 1.82) is 0 Å². The number of rotatable bonds is 6. The second kappa shape index (κ2) is 7.58. The van der Waals surface area contributed by atoms with Crippen molar-refractivity contribution >= 4 is 43.5 Å². The summed E-state index contributed by atoms with van der Waals surface area (Å²) >= 11 is 9.21. The predicted molar refractivity (Wildman–Crippen MR) is 87.0 cm³/mol. The fraction of sp³-hybridized carbons (Fsp3) is 0.462. The van der Waals surface area contributed by atoms with Gasteiger partial charge in [0.05, 0.1) is 15.5 Å². The van der Waals surface area contributed by atoms with Crippen LogP contribution in [0.4, 0.5) is 0 Å². The van der Waals surface area contributed by atoms with Crippen molar-refractivity contribution in [2.75, 3.05) is 0 Å². The molecule has 0 saturated carbocycles. The first kappa shape index (κ1) is 18.4. The molecule has 1 unspecified atom stereocenters. The molecule has 1 aromatic carbocycles. The van der Waals surface area contributed by atoms with Crippen LogP contribution in [-0.2, 0) is 10.0 Å². The first-order valence-electron chi connectivity index (χ1n) is 6.53. The first-order chi connectivity index (χ1) is 9.70. The first-order valence-corrected chi connectivity index (χ1v) is 9.25. The maximum absolute atomic E-state index is 12.3. The number of nitrogens with two attached hydrogens (primary N) is 1. The van der Waals surface area contributed by atoms with Crippen molar-refractivity contribution in [2.45, 2.75) is 44.0 Å². The smallest absolute Gasteiger partial charge is 0.253 e. The summed E-state index contributed by atoms with van der Waals surface area (Å²) in [6.45, 7) is 4.00. The molecular formula is C13H18BrClN2O3S. The molecule has 1 amide bonds. The number of sulfonamides is 1. The fourth-order valence-corrected chi connectivity index (χ4v) is 3.25. The van der Waals surface area contributed by atoms with E-state index in [0.29, 0.717) is 4.47 Å². The minimum atomic E-state index is -3.91. The van der Waals surface area contributed by atoms with Gasteiger partial charge in [-0.2, -0.15) is 0 Å². The van der Waals surface area contributed by atoms with Crippen molar-refractivity contribution in [3.05, 3.63) is 27.2 Å². The average Bonchev–Trinajstić information content (AvgIpc) is 2.39. The van der Waals surface area contributed by atoms with Crippen LogP contribution in [-0.4, -0.2) is 20.4 Å². The lowest BCUT2D eigenvalue weighted by Gasteiger charge is -2.17. The van der Waals surface area contributed by atoms with Gasteiger partial charge in [0, 0.05) is 10.5 Å². The second-order valence-corrected chi connectivity index (χ2v) is 7.47. The van der Waals surface area contributed by atoms with E-state index in [9.17, 15) is 13.2 Å². The quantitative estimate of drug-likeness (QED) is 0.773. The van der Waals surface area contributed by atoms with Crippen molar-refractivity contribution in [3.63, 3.8) is 0 Å². The van der Waals surface area contributed by atoms with Crippen LogP contribution in [0.2, 0.25) is 5.02 Å². The highest BCUT2D eigenvalue weighted by Crippen LogP contribution is 2.29. The highest BCUT2D eigenvalue weighted by molar-refractivity contribution is 9.10. The Kier molecular flexibility index (Phi) is 6.65. The van der Waals surface area contributed by atoms with Gasteiger partial charge in [-0.05, 0) is 40.9 Å². The van der Waals surface area contributed by atoms with Crippen LogP contribution in [0, 0.1) is 0 Å². The lowest BCUT2D eigenvalue weighted by molar-refractivity contribution is 0.0933. The Labute approximate surface area is 138 Å². The number of hydrogen-bond acceptors (Lipinski definition) is 3. The van der Waals surface area contributed by atoms with Crippen molar-refractivity contribution in [3.8, 4) is 0 Å². The molecule has 118 valence electrons. The van der Waals surface area contributed by atoms with Gasteiger partial charge in [-0.15, -0.1) is 0 Å². The van der Waals surface area contributed by atoms with Gasteiger partial charge < -0.3 is 5.32 Å². The predicted octanol–water partition coefficient (Wildman–Crippen LogP) is 3.06. The number of amides is 1. The lowest BCUT2D eigenvalue weighted by Crippen LogP contribution is -2.34. The number of halogens is 2. The normalized spacial score (nSPS) is 13.0. The van der Waals surface area contributed by atoms with Crippen LogP contribution in [0.3, 0.4) is 0 Å². The van der Waals surface area contributed by atoms with E-state index in [2.05, 4.69) is 21.2 Å². The van der Waals surface area contributed by atoms with E-state index in [1.54, 1.807) is 0 Å². The number of primary sulfonamides is 1. The van der Waals surface area contributed by atoms with Crippen LogP contribution in [0.1, 0.15) is 43.5 Å². The number of nitrogens with one attached hydrogen (secondary N) is 1. The van der Waals surface area contributed by atoms with Gasteiger partial charge in [0.1, 0.15) is 0 Å². The maximum Gasteiger partial charge on any atom is 0.253 e. The standard InChI is InChI=1S/C13H18BrClN2O3S/c1-3-5-8(4-2)17-13(18)10-6-9(21(16,19)20)7-11(14)12(10)15/h6-8H,3-5H2,1-2H3,(H,17,18)(H2,16,19,20). The van der Waals surface area contributed by atoms with Gasteiger partial charge in [0.25, 0.3) is 5.91 Å². The summed E-state index contributed by atoms with van der Waals surface area (Å²) in [5.74, 6) is -0.411. The molecule has 0 spiro atoms. The van der Waals surface area contributed by atoms with Gasteiger partial charge in [-0.3, -0.25) is 4.79 Å². The third-order valence-electron chi connectivity index (χ3n) is 3.04. The Morgan fingerprint density at radius 2 is 2.05 bits per heavy atom. The fourth-order valence-electron chi connectivity index (χ4n) is 1.88. The van der Waals surface area contributed by atoms with E-state index in [1.165, 1.54) is 12.1 Å². The van der Waals surface area contributed by atoms with Crippen LogP contribution >= 0.6 is 27.5 Å². The third kappa shape index (κ3) is 4.95. The minimum Gasteiger partial charge on any atom is -0.349 e. The molecule has 1 rings (SSSR count). The Balaban J connectivity index is 3.17. The molecule has 0 aliphatic heterocycles. The Bertz CT molecular complexity index is 635. The van der Waals surface area contributed by atoms with Gasteiger partial charge in [0.15, 0.2) is 0 Å². The molecule has 0 aromatic heterocycles. The van der Waals surface area contributed by atoms with Gasteiger partial charge >= 0.3 is 0 Å². The topological polar surface area (TPSA) is 89.3 Å². The molecule has 8 heteroatoms. The molecule has 3 N–H and O–H groups in total. The molecule has 21 heavy (non-hydrogen) atoms. The summed E-state index contributed by atoms with van der Waals surface area (Å²) in [6.07, 6.45) is 2.57. The minimum absolute atomic E-state index is 0.0236.